The Kier molecular flexibility index (Phi) is 9.07. The summed E-state index contributed by atoms with van der Waals surface area (Å²) in [6.07, 6.45) is 5.62. The van der Waals surface area contributed by atoms with E-state index in [4.69, 9.17) is 9.84 Å². The van der Waals surface area contributed by atoms with Gasteiger partial charge in [0, 0.05) is 36.4 Å². The fourth-order valence-electron chi connectivity index (χ4n) is 5.38. The summed E-state index contributed by atoms with van der Waals surface area (Å²) in [5.41, 5.74) is 1.89. The lowest BCUT2D eigenvalue weighted by Crippen LogP contribution is -3.00. The molecular weight excluding hydrogens is 456 g/mol. The van der Waals surface area contributed by atoms with Gasteiger partial charge in [0.05, 0.1) is 32.3 Å². The van der Waals surface area contributed by atoms with Crippen molar-refractivity contribution in [3.05, 3.63) is 48.7 Å². The van der Waals surface area contributed by atoms with Crippen LogP contribution in [0.5, 0.6) is 5.75 Å². The number of rotatable bonds is 5. The zero-order valence-electron chi connectivity index (χ0n) is 19.2. The second-order valence-electron chi connectivity index (χ2n) is 9.01. The second kappa shape index (κ2) is 10.9. The van der Waals surface area contributed by atoms with Crippen LogP contribution in [0.2, 0.25) is 0 Å². The van der Waals surface area contributed by atoms with Gasteiger partial charge in [0.25, 0.3) is 0 Å². The van der Waals surface area contributed by atoms with E-state index in [9.17, 15) is 5.11 Å². The summed E-state index contributed by atoms with van der Waals surface area (Å²) in [5, 5.41) is 20.5. The molecule has 3 aliphatic heterocycles. The predicted molar refractivity (Wildman–Crippen MR) is 121 cm³/mol. The van der Waals surface area contributed by atoms with E-state index in [0.717, 1.165) is 46.2 Å². The third-order valence-electron chi connectivity index (χ3n) is 6.97. The Morgan fingerprint density at radius 2 is 2.00 bits per heavy atom. The van der Waals surface area contributed by atoms with E-state index in [1.807, 2.05) is 30.5 Å². The van der Waals surface area contributed by atoms with E-state index >= 15 is 0 Å². The summed E-state index contributed by atoms with van der Waals surface area (Å²) >= 11 is 0. The summed E-state index contributed by atoms with van der Waals surface area (Å²) in [5.74, 6) is 2.04. The molecule has 3 aliphatic rings. The molecule has 1 aromatic heterocycles. The van der Waals surface area contributed by atoms with Gasteiger partial charge in [-0.25, -0.2) is 0 Å². The minimum Gasteiger partial charge on any atom is -1.00 e. The first-order valence-corrected chi connectivity index (χ1v) is 11.1. The van der Waals surface area contributed by atoms with Gasteiger partial charge in [-0.05, 0) is 56.5 Å². The molecule has 2 aromatic rings. The van der Waals surface area contributed by atoms with Crippen LogP contribution in [0.3, 0.4) is 0 Å². The molecule has 0 amide bonds. The van der Waals surface area contributed by atoms with Gasteiger partial charge < -0.3 is 36.4 Å². The average molecular weight is 493 g/mol. The Balaban J connectivity index is 0.000000631. The van der Waals surface area contributed by atoms with Crippen LogP contribution in [0.25, 0.3) is 10.9 Å². The maximum Gasteiger partial charge on any atom is 0.131 e. The van der Waals surface area contributed by atoms with Crippen molar-refractivity contribution < 1.29 is 36.4 Å². The Hall–Kier alpha value is -1.47. The Bertz CT molecular complexity index is 872. The summed E-state index contributed by atoms with van der Waals surface area (Å²) < 4.78 is 6.40. The maximum absolute atomic E-state index is 11.5. The number of fused-ring (bicyclic) bond motifs is 4. The number of likely N-dealkylation sites (N-methyl/N-ethyl adjacent to an activating group) is 1. The molecule has 0 spiro atoms. The first-order valence-electron chi connectivity index (χ1n) is 11.1. The molecule has 3 saturated heterocycles. The van der Waals surface area contributed by atoms with Gasteiger partial charge >= 0.3 is 0 Å². The standard InChI is InChI=1S/C22H29N2O2.C3H8O.BrH/c1-4-15-14-24(5-2)11-9-16(15)12-21(24)22(25)18-8-10-23-20-7-6-17(26-3)13-19(18)20;1-3(2)4;/h4,6-8,10,13,15-16,21-22,25H,1,5,9,11-12,14H2,2-3H3;3-4H,1-2H3;1H/q+1;;/p-1/t15-,16-,21-,22+,24-;;/m0../s1. The number of hydrogen-bond acceptors (Lipinski definition) is 4. The Morgan fingerprint density at radius 1 is 1.29 bits per heavy atom. The lowest BCUT2D eigenvalue weighted by molar-refractivity contribution is -0.971. The van der Waals surface area contributed by atoms with E-state index < -0.39 is 6.10 Å². The van der Waals surface area contributed by atoms with Crippen LogP contribution >= 0.6 is 0 Å². The molecule has 1 aromatic carbocycles. The van der Waals surface area contributed by atoms with Crippen LogP contribution in [0.15, 0.2) is 43.1 Å². The lowest BCUT2D eigenvalue weighted by atomic mass is 9.71. The zero-order valence-corrected chi connectivity index (χ0v) is 20.8. The van der Waals surface area contributed by atoms with E-state index in [0.29, 0.717) is 11.8 Å². The molecule has 2 bridgehead atoms. The highest BCUT2D eigenvalue weighted by Gasteiger charge is 2.53. The number of nitrogens with zero attached hydrogens (tertiary/aromatic N) is 2. The lowest BCUT2D eigenvalue weighted by Gasteiger charge is -2.57. The van der Waals surface area contributed by atoms with Gasteiger partial charge in [0.2, 0.25) is 0 Å². The van der Waals surface area contributed by atoms with Crippen LogP contribution in [0.1, 0.15) is 45.3 Å². The van der Waals surface area contributed by atoms with E-state index in [1.165, 1.54) is 13.0 Å². The van der Waals surface area contributed by atoms with Gasteiger partial charge in [0.1, 0.15) is 17.9 Å². The van der Waals surface area contributed by atoms with E-state index in [-0.39, 0.29) is 29.1 Å². The van der Waals surface area contributed by atoms with Crippen molar-refractivity contribution in [2.24, 2.45) is 11.8 Å². The summed E-state index contributed by atoms with van der Waals surface area (Å²) in [7, 11) is 1.67. The van der Waals surface area contributed by atoms with E-state index in [2.05, 4.69) is 24.6 Å². The molecule has 2 N–H and O–H groups in total. The molecule has 6 heteroatoms. The number of aromatic nitrogens is 1. The van der Waals surface area contributed by atoms with Gasteiger partial charge in [-0.2, -0.15) is 0 Å². The Morgan fingerprint density at radius 3 is 2.61 bits per heavy atom. The van der Waals surface area contributed by atoms with Crippen molar-refractivity contribution in [3.8, 4) is 5.75 Å². The van der Waals surface area contributed by atoms with Crippen molar-refractivity contribution in [2.45, 2.75) is 51.9 Å². The third kappa shape index (κ3) is 5.30. The smallest absolute Gasteiger partial charge is 0.131 e. The number of halogens is 1. The second-order valence-corrected chi connectivity index (χ2v) is 9.01. The highest BCUT2D eigenvalue weighted by atomic mass is 79.9. The summed E-state index contributed by atoms with van der Waals surface area (Å²) in [6, 6.07) is 8.11. The van der Waals surface area contributed by atoms with Gasteiger partial charge in [-0.1, -0.05) is 6.08 Å². The molecule has 172 valence electrons. The molecule has 0 aliphatic carbocycles. The van der Waals surface area contributed by atoms with Crippen molar-refractivity contribution in [2.75, 3.05) is 26.7 Å². The SMILES string of the molecule is C=C[C@H]1C[N@+]2(CC)CC[C@H]1C[C@H]2[C@H](O)c1ccnc2ccc(OC)cc12.CC(C)O.[Br-]. The predicted octanol–water partition coefficient (Wildman–Crippen LogP) is 1.10. The number of ether oxygens (including phenoxy) is 1. The number of aliphatic hydroxyl groups excluding tert-OH is 2. The van der Waals surface area contributed by atoms with Crippen LogP contribution < -0.4 is 21.7 Å². The molecule has 0 saturated carbocycles. The largest absolute Gasteiger partial charge is 1.00 e. The van der Waals surface area contributed by atoms with Crippen LogP contribution in [0.4, 0.5) is 0 Å². The maximum atomic E-state index is 11.5. The van der Waals surface area contributed by atoms with Crippen molar-refractivity contribution >= 4 is 10.9 Å². The fraction of sp³-hybridized carbons (Fsp3) is 0.560. The molecule has 5 atom stereocenters. The zero-order chi connectivity index (χ0) is 21.9. The third-order valence-corrected chi connectivity index (χ3v) is 6.97. The van der Waals surface area contributed by atoms with Crippen molar-refractivity contribution in [1.82, 2.24) is 4.98 Å². The number of quaternary nitrogens is 1. The number of pyridine rings is 1. The topological polar surface area (TPSA) is 62.6 Å². The fourth-order valence-corrected chi connectivity index (χ4v) is 5.38. The monoisotopic (exact) mass is 492 g/mol. The first kappa shape index (κ1) is 25.8. The molecule has 31 heavy (non-hydrogen) atoms. The number of aliphatic hydroxyl groups is 2. The van der Waals surface area contributed by atoms with Gasteiger partial charge in [0.15, 0.2) is 0 Å². The van der Waals surface area contributed by atoms with Crippen LogP contribution in [-0.2, 0) is 0 Å². The van der Waals surface area contributed by atoms with Gasteiger partial charge in [-0.3, -0.25) is 4.98 Å². The van der Waals surface area contributed by atoms with Gasteiger partial charge in [-0.15, -0.1) is 6.58 Å². The molecule has 4 heterocycles. The molecule has 0 unspecified atom stereocenters. The molecule has 5 nitrogen and oxygen atoms in total. The molecular formula is C25H37BrN2O3. The normalized spacial score (nSPS) is 27.8. The number of piperidine rings is 3. The number of hydrogen-bond donors (Lipinski definition) is 2. The summed E-state index contributed by atoms with van der Waals surface area (Å²) in [6.45, 7) is 13.1. The minimum absolute atomic E-state index is 0. The van der Waals surface area contributed by atoms with Crippen molar-refractivity contribution in [3.63, 3.8) is 0 Å². The highest BCUT2D eigenvalue weighted by Crippen LogP contribution is 2.46. The molecule has 0 radical (unpaired) electrons. The average Bonchev–Trinajstić information content (AvgIpc) is 2.77. The van der Waals surface area contributed by atoms with Crippen LogP contribution in [-0.4, -0.2) is 58.6 Å². The quantitative estimate of drug-likeness (QED) is 0.484. The highest BCUT2D eigenvalue weighted by molar-refractivity contribution is 5.83. The Labute approximate surface area is 197 Å². The summed E-state index contributed by atoms with van der Waals surface area (Å²) in [4.78, 5) is 4.47. The number of methoxy groups -OCH3 is 1. The molecule has 5 rings (SSSR count). The van der Waals surface area contributed by atoms with Crippen molar-refractivity contribution in [1.29, 1.82) is 0 Å². The van der Waals surface area contributed by atoms with Crippen LogP contribution in [0, 0.1) is 11.8 Å². The van der Waals surface area contributed by atoms with E-state index in [1.54, 1.807) is 21.0 Å². The number of benzene rings is 1. The first-order chi connectivity index (χ1) is 14.3. The minimum atomic E-state index is -0.485. The molecule has 3 fully saturated rings.